The molecule has 0 saturated carbocycles. The van der Waals surface area contributed by atoms with Crippen LogP contribution >= 0.6 is 0 Å². The molecule has 0 bridgehead atoms. The number of Topliss-reactive ketones (excluding diaryl/α,β-unsaturated/α-hetero) is 1. The van der Waals surface area contributed by atoms with Gasteiger partial charge in [0.05, 0.1) is 6.04 Å². The smallest absolute Gasteiger partial charge is 0.155 e. The Bertz CT molecular complexity index is 337. The highest BCUT2D eigenvalue weighted by Gasteiger charge is 2.25. The van der Waals surface area contributed by atoms with E-state index in [9.17, 15) is 9.18 Å². The van der Waals surface area contributed by atoms with Gasteiger partial charge in [-0.25, -0.2) is 4.39 Å². The normalized spacial score (nSPS) is 22.2. The Morgan fingerprint density at radius 1 is 1.46 bits per heavy atom. The third-order valence-corrected chi connectivity index (χ3v) is 2.22. The summed E-state index contributed by atoms with van der Waals surface area (Å²) in [6.45, 7) is 0.694. The molecule has 0 amide bonds. The van der Waals surface area contributed by atoms with Crippen LogP contribution in [0.2, 0.25) is 0 Å². The highest BCUT2D eigenvalue weighted by molar-refractivity contribution is 5.87. The summed E-state index contributed by atoms with van der Waals surface area (Å²) in [4.78, 5) is 11.3. The van der Waals surface area contributed by atoms with Crippen LogP contribution in [0.4, 0.5) is 4.39 Å². The lowest BCUT2D eigenvalue weighted by Crippen LogP contribution is -2.17. The largest absolute Gasteiger partial charge is 0.303 e. The van der Waals surface area contributed by atoms with Gasteiger partial charge in [0, 0.05) is 13.0 Å². The molecule has 1 atom stereocenters. The number of hydrogen-bond acceptors (Lipinski definition) is 2. The van der Waals surface area contributed by atoms with Crippen LogP contribution < -0.4 is 5.32 Å². The molecule has 1 fully saturated rings. The van der Waals surface area contributed by atoms with Gasteiger partial charge in [-0.1, -0.05) is 12.1 Å². The molecule has 68 valence electrons. The van der Waals surface area contributed by atoms with Gasteiger partial charge in [-0.2, -0.15) is 0 Å². The van der Waals surface area contributed by atoms with E-state index in [4.69, 9.17) is 0 Å². The van der Waals surface area contributed by atoms with Crippen molar-refractivity contribution in [2.75, 3.05) is 6.54 Å². The topological polar surface area (TPSA) is 29.1 Å². The van der Waals surface area contributed by atoms with Gasteiger partial charge in [-0.3, -0.25) is 4.79 Å². The maximum Gasteiger partial charge on any atom is 0.155 e. The van der Waals surface area contributed by atoms with Crippen LogP contribution in [0.15, 0.2) is 24.3 Å². The van der Waals surface area contributed by atoms with Gasteiger partial charge in [0.15, 0.2) is 5.78 Å². The fourth-order valence-electron chi connectivity index (χ4n) is 1.59. The van der Waals surface area contributed by atoms with Crippen molar-refractivity contribution in [2.45, 2.75) is 12.5 Å². The van der Waals surface area contributed by atoms with Crippen LogP contribution in [0.1, 0.15) is 18.0 Å². The van der Waals surface area contributed by atoms with Crippen LogP contribution in [0.5, 0.6) is 0 Å². The van der Waals surface area contributed by atoms with Gasteiger partial charge in [0.25, 0.3) is 0 Å². The second-order valence-corrected chi connectivity index (χ2v) is 3.16. The van der Waals surface area contributed by atoms with E-state index in [0.717, 1.165) is 5.56 Å². The average Bonchev–Trinajstić information content (AvgIpc) is 2.51. The van der Waals surface area contributed by atoms with Crippen molar-refractivity contribution < 1.29 is 9.18 Å². The van der Waals surface area contributed by atoms with Crippen molar-refractivity contribution in [3.63, 3.8) is 0 Å². The molecule has 2 nitrogen and oxygen atoms in total. The number of carbonyl (C=O) groups excluding carboxylic acids is 1. The molecule has 0 aliphatic carbocycles. The summed E-state index contributed by atoms with van der Waals surface area (Å²) in [5, 5.41) is 3.03. The number of hydrogen-bond donors (Lipinski definition) is 1. The van der Waals surface area contributed by atoms with Gasteiger partial charge in [0.2, 0.25) is 0 Å². The number of rotatable bonds is 1. The zero-order chi connectivity index (χ0) is 9.26. The minimum absolute atomic E-state index is 0.144. The number of benzene rings is 1. The van der Waals surface area contributed by atoms with Crippen LogP contribution in [0.25, 0.3) is 0 Å². The summed E-state index contributed by atoms with van der Waals surface area (Å²) in [6.07, 6.45) is 0.543. The molecule has 0 aromatic heterocycles. The molecule has 2 rings (SSSR count). The molecule has 1 heterocycles. The summed E-state index contributed by atoms with van der Waals surface area (Å²) < 4.78 is 12.8. The van der Waals surface area contributed by atoms with Crippen LogP contribution in [-0.4, -0.2) is 12.3 Å². The maximum atomic E-state index is 12.8. The SMILES string of the molecule is O=C1CCNC1c1cccc(F)c1. The zero-order valence-corrected chi connectivity index (χ0v) is 7.09. The Morgan fingerprint density at radius 2 is 2.31 bits per heavy atom. The van der Waals surface area contributed by atoms with E-state index in [-0.39, 0.29) is 17.6 Å². The quantitative estimate of drug-likeness (QED) is 0.706. The lowest BCUT2D eigenvalue weighted by molar-refractivity contribution is -0.118. The van der Waals surface area contributed by atoms with Crippen molar-refractivity contribution in [3.05, 3.63) is 35.6 Å². The van der Waals surface area contributed by atoms with Crippen LogP contribution in [0, 0.1) is 5.82 Å². The fourth-order valence-corrected chi connectivity index (χ4v) is 1.59. The number of halogens is 1. The van der Waals surface area contributed by atoms with E-state index in [1.807, 2.05) is 0 Å². The van der Waals surface area contributed by atoms with Crippen molar-refractivity contribution in [1.29, 1.82) is 0 Å². The van der Waals surface area contributed by atoms with Gasteiger partial charge in [0.1, 0.15) is 5.82 Å². The van der Waals surface area contributed by atoms with E-state index in [2.05, 4.69) is 5.32 Å². The summed E-state index contributed by atoms with van der Waals surface area (Å²) in [5.74, 6) is -0.149. The van der Waals surface area contributed by atoms with E-state index < -0.39 is 0 Å². The number of carbonyl (C=O) groups is 1. The van der Waals surface area contributed by atoms with E-state index >= 15 is 0 Å². The van der Waals surface area contributed by atoms with Crippen LogP contribution in [-0.2, 0) is 4.79 Å². The third-order valence-electron chi connectivity index (χ3n) is 2.22. The van der Waals surface area contributed by atoms with Gasteiger partial charge in [-0.05, 0) is 17.7 Å². The first-order valence-corrected chi connectivity index (χ1v) is 4.29. The van der Waals surface area contributed by atoms with E-state index in [1.54, 1.807) is 12.1 Å². The molecule has 1 aliphatic rings. The molecule has 1 N–H and O–H groups in total. The first kappa shape index (κ1) is 8.38. The molecule has 1 unspecified atom stereocenters. The first-order valence-electron chi connectivity index (χ1n) is 4.29. The number of nitrogens with one attached hydrogen (secondary N) is 1. The molecular formula is C10H10FNO. The van der Waals surface area contributed by atoms with Crippen molar-refractivity contribution in [2.24, 2.45) is 0 Å². The molecular weight excluding hydrogens is 169 g/mol. The summed E-state index contributed by atoms with van der Waals surface area (Å²) in [5.41, 5.74) is 0.725. The molecule has 0 spiro atoms. The molecule has 1 aromatic carbocycles. The van der Waals surface area contributed by atoms with Gasteiger partial charge in [-0.15, -0.1) is 0 Å². The van der Waals surface area contributed by atoms with E-state index in [1.165, 1.54) is 12.1 Å². The minimum atomic E-state index is -0.296. The predicted molar refractivity (Wildman–Crippen MR) is 46.8 cm³/mol. The second kappa shape index (κ2) is 3.26. The lowest BCUT2D eigenvalue weighted by atomic mass is 10.0. The fraction of sp³-hybridized carbons (Fsp3) is 0.300. The van der Waals surface area contributed by atoms with Crippen molar-refractivity contribution >= 4 is 5.78 Å². The van der Waals surface area contributed by atoms with Crippen LogP contribution in [0.3, 0.4) is 0 Å². The first-order chi connectivity index (χ1) is 6.27. The monoisotopic (exact) mass is 179 g/mol. The highest BCUT2D eigenvalue weighted by atomic mass is 19.1. The Morgan fingerprint density at radius 3 is 2.92 bits per heavy atom. The molecule has 1 aliphatic heterocycles. The molecule has 3 heteroatoms. The molecule has 13 heavy (non-hydrogen) atoms. The molecule has 1 saturated heterocycles. The predicted octanol–water partition coefficient (Wildman–Crippen LogP) is 1.43. The Hall–Kier alpha value is -1.22. The molecule has 0 radical (unpaired) electrons. The van der Waals surface area contributed by atoms with E-state index in [0.29, 0.717) is 13.0 Å². The van der Waals surface area contributed by atoms with Gasteiger partial charge >= 0.3 is 0 Å². The Kier molecular flexibility index (Phi) is 2.10. The summed E-state index contributed by atoms with van der Waals surface area (Å²) >= 11 is 0. The summed E-state index contributed by atoms with van der Waals surface area (Å²) in [7, 11) is 0. The maximum absolute atomic E-state index is 12.8. The Labute approximate surface area is 75.8 Å². The summed E-state index contributed by atoms with van der Waals surface area (Å²) in [6, 6.07) is 5.88. The number of ketones is 1. The lowest BCUT2D eigenvalue weighted by Gasteiger charge is -2.08. The standard InChI is InChI=1S/C10H10FNO/c11-8-3-1-2-7(6-8)10-9(13)4-5-12-10/h1-3,6,10,12H,4-5H2. The van der Waals surface area contributed by atoms with Gasteiger partial charge < -0.3 is 5.32 Å². The Balaban J connectivity index is 2.29. The molecule has 1 aromatic rings. The zero-order valence-electron chi connectivity index (χ0n) is 7.09. The van der Waals surface area contributed by atoms with Crippen molar-refractivity contribution in [1.82, 2.24) is 5.32 Å². The second-order valence-electron chi connectivity index (χ2n) is 3.16. The third kappa shape index (κ3) is 1.60. The highest BCUT2D eigenvalue weighted by Crippen LogP contribution is 2.20. The minimum Gasteiger partial charge on any atom is -0.303 e. The van der Waals surface area contributed by atoms with Crippen molar-refractivity contribution in [3.8, 4) is 0 Å². The average molecular weight is 179 g/mol.